The van der Waals surface area contributed by atoms with Gasteiger partial charge in [0.2, 0.25) is 5.91 Å². The lowest BCUT2D eigenvalue weighted by atomic mass is 10.1. The maximum Gasteiger partial charge on any atom is 0.257 e. The molecule has 0 bridgehead atoms. The third kappa shape index (κ3) is 4.95. The molecule has 0 saturated carbocycles. The summed E-state index contributed by atoms with van der Waals surface area (Å²) in [5.41, 5.74) is 5.26. The largest absolute Gasteiger partial charge is 0.484 e. The zero-order valence-electron chi connectivity index (χ0n) is 19.0. The number of benzene rings is 2. The quantitative estimate of drug-likeness (QED) is 0.432. The first-order valence-corrected chi connectivity index (χ1v) is 11.0. The Balaban J connectivity index is 1.42. The summed E-state index contributed by atoms with van der Waals surface area (Å²) >= 11 is 0. The van der Waals surface area contributed by atoms with Gasteiger partial charge in [-0.2, -0.15) is 5.10 Å². The number of rotatable bonds is 8. The van der Waals surface area contributed by atoms with Crippen molar-refractivity contribution in [2.45, 2.75) is 33.6 Å². The van der Waals surface area contributed by atoms with Gasteiger partial charge in [-0.1, -0.05) is 18.2 Å². The molecule has 0 radical (unpaired) electrons. The van der Waals surface area contributed by atoms with Crippen LogP contribution in [0.25, 0.3) is 16.6 Å². The minimum absolute atomic E-state index is 0.0677. The lowest BCUT2D eigenvalue weighted by molar-refractivity contribution is -0.123. The number of amides is 2. The molecule has 0 aliphatic rings. The number of carbonyl (C=O) groups excluding carboxylic acids is 2. The van der Waals surface area contributed by atoms with E-state index in [-0.39, 0.29) is 18.4 Å². The highest BCUT2D eigenvalue weighted by atomic mass is 16.5. The number of ether oxygens (including phenoxy) is 1. The van der Waals surface area contributed by atoms with Crippen molar-refractivity contribution in [1.82, 2.24) is 19.9 Å². The van der Waals surface area contributed by atoms with Crippen LogP contribution in [0.5, 0.6) is 5.75 Å². The molecule has 0 unspecified atom stereocenters. The molecule has 0 aliphatic heterocycles. The first-order valence-electron chi connectivity index (χ1n) is 11.0. The van der Waals surface area contributed by atoms with Gasteiger partial charge in [-0.05, 0) is 57.0 Å². The van der Waals surface area contributed by atoms with Crippen molar-refractivity contribution in [2.24, 2.45) is 0 Å². The average Bonchev–Trinajstić information content (AvgIpc) is 3.17. The molecule has 2 aromatic heterocycles. The molecule has 4 rings (SSSR count). The Labute approximate surface area is 192 Å². The van der Waals surface area contributed by atoms with Gasteiger partial charge in [0.25, 0.3) is 5.91 Å². The second-order valence-electron chi connectivity index (χ2n) is 7.83. The summed E-state index contributed by atoms with van der Waals surface area (Å²) < 4.78 is 7.35. The van der Waals surface area contributed by atoms with Gasteiger partial charge in [-0.25, -0.2) is 9.50 Å². The van der Waals surface area contributed by atoms with Crippen LogP contribution in [-0.4, -0.2) is 39.6 Å². The average molecular weight is 446 g/mol. The van der Waals surface area contributed by atoms with Gasteiger partial charge < -0.3 is 15.4 Å². The first-order chi connectivity index (χ1) is 16.0. The number of aromatic nitrogens is 3. The highest BCUT2D eigenvalue weighted by molar-refractivity contribution is 5.92. The van der Waals surface area contributed by atoms with E-state index in [0.717, 1.165) is 33.5 Å². The van der Waals surface area contributed by atoms with Crippen LogP contribution in [0.3, 0.4) is 0 Å². The summed E-state index contributed by atoms with van der Waals surface area (Å²) in [4.78, 5) is 29.0. The molecule has 33 heavy (non-hydrogen) atoms. The number of hydrogen-bond donors (Lipinski definition) is 2. The van der Waals surface area contributed by atoms with Crippen molar-refractivity contribution in [2.75, 3.05) is 18.5 Å². The standard InChI is InChI=1S/C25H27N5O3/c1-4-26-24(32)15-33-19-9-7-8-18(14-19)28-23(31)13-12-20-16(2)27-25-21-10-5-6-11-22(21)29-30(25)17(20)3/h5-11,14H,4,12-13,15H2,1-3H3,(H,26,32)(H,28,31). The normalized spacial score (nSPS) is 11.0. The second kappa shape index (κ2) is 9.68. The van der Waals surface area contributed by atoms with Crippen LogP contribution in [0.2, 0.25) is 0 Å². The highest BCUT2D eigenvalue weighted by Gasteiger charge is 2.15. The zero-order valence-corrected chi connectivity index (χ0v) is 19.0. The molecule has 0 saturated heterocycles. The highest BCUT2D eigenvalue weighted by Crippen LogP contribution is 2.23. The Morgan fingerprint density at radius 3 is 2.70 bits per heavy atom. The van der Waals surface area contributed by atoms with Crippen molar-refractivity contribution in [1.29, 1.82) is 0 Å². The molecule has 0 spiro atoms. The summed E-state index contributed by atoms with van der Waals surface area (Å²) in [6.07, 6.45) is 0.857. The molecule has 4 aromatic rings. The molecule has 170 valence electrons. The van der Waals surface area contributed by atoms with Gasteiger partial charge in [-0.15, -0.1) is 0 Å². The summed E-state index contributed by atoms with van der Waals surface area (Å²) in [5.74, 6) is 0.222. The molecule has 2 N–H and O–H groups in total. The Kier molecular flexibility index (Phi) is 6.53. The number of aryl methyl sites for hydroxylation is 2. The fraction of sp³-hybridized carbons (Fsp3) is 0.280. The van der Waals surface area contributed by atoms with Crippen molar-refractivity contribution in [3.05, 3.63) is 65.5 Å². The van der Waals surface area contributed by atoms with Crippen molar-refractivity contribution >= 4 is 34.1 Å². The monoisotopic (exact) mass is 445 g/mol. The Hall–Kier alpha value is -3.94. The number of likely N-dealkylation sites (N-methyl/N-ethyl adjacent to an activating group) is 1. The van der Waals surface area contributed by atoms with Crippen LogP contribution in [0.15, 0.2) is 48.5 Å². The Morgan fingerprint density at radius 2 is 1.88 bits per heavy atom. The predicted molar refractivity (Wildman–Crippen MR) is 128 cm³/mol. The minimum Gasteiger partial charge on any atom is -0.484 e. The summed E-state index contributed by atoms with van der Waals surface area (Å²) in [6.45, 7) is 6.31. The molecular formula is C25H27N5O3. The third-order valence-corrected chi connectivity index (χ3v) is 5.48. The second-order valence-corrected chi connectivity index (χ2v) is 7.83. The zero-order chi connectivity index (χ0) is 23.4. The first kappa shape index (κ1) is 22.3. The summed E-state index contributed by atoms with van der Waals surface area (Å²) in [7, 11) is 0. The van der Waals surface area contributed by atoms with E-state index in [1.54, 1.807) is 24.3 Å². The lowest BCUT2D eigenvalue weighted by Gasteiger charge is -2.12. The van der Waals surface area contributed by atoms with Gasteiger partial charge in [0.05, 0.1) is 5.52 Å². The van der Waals surface area contributed by atoms with Crippen molar-refractivity contribution in [3.8, 4) is 5.75 Å². The van der Waals surface area contributed by atoms with E-state index in [2.05, 4.69) is 15.7 Å². The number of nitrogens with one attached hydrogen (secondary N) is 2. The molecule has 2 aromatic carbocycles. The SMILES string of the molecule is CCNC(=O)COc1cccc(NC(=O)CCc2c(C)nc3c4ccccc4nn3c2C)c1. The molecule has 0 fully saturated rings. The van der Waals surface area contributed by atoms with Crippen LogP contribution in [0.1, 0.15) is 30.3 Å². The molecule has 8 heteroatoms. The van der Waals surface area contributed by atoms with Gasteiger partial charge >= 0.3 is 0 Å². The van der Waals surface area contributed by atoms with E-state index in [0.29, 0.717) is 30.8 Å². The van der Waals surface area contributed by atoms with Crippen LogP contribution in [0, 0.1) is 13.8 Å². The lowest BCUT2D eigenvalue weighted by Crippen LogP contribution is -2.28. The van der Waals surface area contributed by atoms with Crippen LogP contribution in [0.4, 0.5) is 5.69 Å². The number of nitrogens with zero attached hydrogens (tertiary/aromatic N) is 3. The molecule has 8 nitrogen and oxygen atoms in total. The van der Waals surface area contributed by atoms with Gasteiger partial charge in [-0.3, -0.25) is 9.59 Å². The van der Waals surface area contributed by atoms with Gasteiger partial charge in [0.1, 0.15) is 5.75 Å². The Morgan fingerprint density at radius 1 is 1.06 bits per heavy atom. The third-order valence-electron chi connectivity index (χ3n) is 5.48. The summed E-state index contributed by atoms with van der Waals surface area (Å²) in [5, 5.41) is 11.3. The van der Waals surface area contributed by atoms with Crippen molar-refractivity contribution < 1.29 is 14.3 Å². The molecule has 2 amide bonds. The molecular weight excluding hydrogens is 418 g/mol. The van der Waals surface area contributed by atoms with E-state index >= 15 is 0 Å². The summed E-state index contributed by atoms with van der Waals surface area (Å²) in [6, 6.07) is 14.9. The number of hydrogen-bond acceptors (Lipinski definition) is 5. The van der Waals surface area contributed by atoms with Crippen LogP contribution >= 0.6 is 0 Å². The fourth-order valence-corrected chi connectivity index (χ4v) is 3.86. The van der Waals surface area contributed by atoms with Gasteiger partial charge in [0.15, 0.2) is 12.3 Å². The van der Waals surface area contributed by atoms with E-state index in [1.165, 1.54) is 0 Å². The van der Waals surface area contributed by atoms with E-state index in [1.807, 2.05) is 49.6 Å². The van der Waals surface area contributed by atoms with Crippen LogP contribution < -0.4 is 15.4 Å². The smallest absolute Gasteiger partial charge is 0.257 e. The predicted octanol–water partition coefficient (Wildman–Crippen LogP) is 3.59. The minimum atomic E-state index is -0.187. The number of fused-ring (bicyclic) bond motifs is 3. The van der Waals surface area contributed by atoms with Gasteiger partial charge in [0, 0.05) is 41.5 Å². The van der Waals surface area contributed by atoms with Crippen LogP contribution in [-0.2, 0) is 16.0 Å². The maximum atomic E-state index is 12.6. The van der Waals surface area contributed by atoms with E-state index in [4.69, 9.17) is 9.72 Å². The number of anilines is 1. The van der Waals surface area contributed by atoms with Crippen molar-refractivity contribution in [3.63, 3.8) is 0 Å². The molecule has 0 aliphatic carbocycles. The maximum absolute atomic E-state index is 12.6. The topological polar surface area (TPSA) is 97.6 Å². The molecule has 0 atom stereocenters. The van der Waals surface area contributed by atoms with E-state index < -0.39 is 0 Å². The number of carbonyl (C=O) groups is 2. The fourth-order valence-electron chi connectivity index (χ4n) is 3.86. The Bertz CT molecular complexity index is 1330. The molecule has 2 heterocycles. The van der Waals surface area contributed by atoms with E-state index in [9.17, 15) is 9.59 Å².